The molecule has 2 aromatic heterocycles. The van der Waals surface area contributed by atoms with Crippen LogP contribution >= 0.6 is 0 Å². The number of hydrogen-bond acceptors (Lipinski definition) is 3. The van der Waals surface area contributed by atoms with Crippen molar-refractivity contribution in [3.63, 3.8) is 0 Å². The smallest absolute Gasteiger partial charge is 0.254 e. The summed E-state index contributed by atoms with van der Waals surface area (Å²) in [5.41, 5.74) is 2.96. The number of nitrogens with zero attached hydrogens (tertiary/aromatic N) is 1. The molecule has 3 heterocycles. The molecule has 1 fully saturated rings. The van der Waals surface area contributed by atoms with Crippen LogP contribution in [0.15, 0.2) is 53.3 Å². The Morgan fingerprint density at radius 2 is 2.08 bits per heavy atom. The Labute approximate surface area is 140 Å². The molecular weight excluding hydrogens is 302 g/mol. The zero-order chi connectivity index (χ0) is 16.4. The first-order valence-electron chi connectivity index (χ1n) is 8.43. The van der Waals surface area contributed by atoms with E-state index in [-0.39, 0.29) is 5.91 Å². The van der Waals surface area contributed by atoms with Crippen LogP contribution < -0.4 is 10.6 Å². The number of carbonyl (C=O) groups excluding carboxylic acids is 1. The molecule has 0 bridgehead atoms. The number of amides is 1. The van der Waals surface area contributed by atoms with Gasteiger partial charge in [0.2, 0.25) is 0 Å². The molecular formula is C19H21N3O2. The molecule has 124 valence electrons. The molecule has 0 spiro atoms. The lowest BCUT2D eigenvalue weighted by Crippen LogP contribution is -2.31. The van der Waals surface area contributed by atoms with Gasteiger partial charge in [-0.25, -0.2) is 0 Å². The fraction of sp³-hybridized carbons (Fsp3) is 0.316. The van der Waals surface area contributed by atoms with Crippen molar-refractivity contribution >= 4 is 16.8 Å². The van der Waals surface area contributed by atoms with Gasteiger partial charge < -0.3 is 19.6 Å². The molecule has 1 aliphatic rings. The largest absolute Gasteiger partial charge is 0.472 e. The Hall–Kier alpha value is -2.53. The van der Waals surface area contributed by atoms with Crippen molar-refractivity contribution in [2.45, 2.75) is 25.4 Å². The summed E-state index contributed by atoms with van der Waals surface area (Å²) in [5.74, 6) is -0.106. The second-order valence-electron chi connectivity index (χ2n) is 6.24. The van der Waals surface area contributed by atoms with Gasteiger partial charge in [0.15, 0.2) is 0 Å². The van der Waals surface area contributed by atoms with E-state index in [4.69, 9.17) is 4.42 Å². The van der Waals surface area contributed by atoms with Crippen molar-refractivity contribution in [2.75, 3.05) is 13.1 Å². The molecule has 0 radical (unpaired) electrons. The zero-order valence-corrected chi connectivity index (χ0v) is 13.5. The number of carbonyl (C=O) groups is 1. The maximum atomic E-state index is 12.2. The van der Waals surface area contributed by atoms with E-state index in [0.29, 0.717) is 18.2 Å². The van der Waals surface area contributed by atoms with E-state index in [0.717, 1.165) is 31.6 Å². The molecule has 0 saturated carbocycles. The number of furan rings is 1. The summed E-state index contributed by atoms with van der Waals surface area (Å²) >= 11 is 0. The predicted molar refractivity (Wildman–Crippen MR) is 93.0 cm³/mol. The molecule has 0 aliphatic carbocycles. The van der Waals surface area contributed by atoms with Gasteiger partial charge in [-0.05, 0) is 49.5 Å². The van der Waals surface area contributed by atoms with Gasteiger partial charge in [0.25, 0.3) is 5.91 Å². The molecule has 1 saturated heterocycles. The van der Waals surface area contributed by atoms with E-state index >= 15 is 0 Å². The fourth-order valence-corrected chi connectivity index (χ4v) is 3.53. The van der Waals surface area contributed by atoms with Crippen molar-refractivity contribution in [3.05, 3.63) is 60.2 Å². The van der Waals surface area contributed by atoms with Crippen LogP contribution in [0.4, 0.5) is 0 Å². The van der Waals surface area contributed by atoms with Crippen LogP contribution in [0.3, 0.4) is 0 Å². The minimum Gasteiger partial charge on any atom is -0.472 e. The maximum absolute atomic E-state index is 12.2. The summed E-state index contributed by atoms with van der Waals surface area (Å²) in [4.78, 5) is 12.2. The van der Waals surface area contributed by atoms with E-state index in [9.17, 15) is 4.79 Å². The van der Waals surface area contributed by atoms with Gasteiger partial charge in [-0.1, -0.05) is 18.2 Å². The Kier molecular flexibility index (Phi) is 4.09. The molecule has 5 nitrogen and oxygen atoms in total. The van der Waals surface area contributed by atoms with Crippen molar-refractivity contribution < 1.29 is 9.21 Å². The summed E-state index contributed by atoms with van der Waals surface area (Å²) in [6.45, 7) is 2.60. The number of benzene rings is 1. The quantitative estimate of drug-likeness (QED) is 0.776. The summed E-state index contributed by atoms with van der Waals surface area (Å²) in [6.07, 6.45) is 5.21. The molecule has 1 aliphatic heterocycles. The zero-order valence-electron chi connectivity index (χ0n) is 13.5. The number of aromatic nitrogens is 1. The average molecular weight is 323 g/mol. The number of fused-ring (bicyclic) bond motifs is 1. The first-order chi connectivity index (χ1) is 11.8. The lowest BCUT2D eigenvalue weighted by molar-refractivity contribution is 0.0949. The van der Waals surface area contributed by atoms with Gasteiger partial charge in [0.05, 0.1) is 18.4 Å². The van der Waals surface area contributed by atoms with Gasteiger partial charge in [0, 0.05) is 17.3 Å². The van der Waals surface area contributed by atoms with Gasteiger partial charge in [-0.15, -0.1) is 0 Å². The van der Waals surface area contributed by atoms with Crippen molar-refractivity contribution in [1.29, 1.82) is 0 Å². The number of hydrogen-bond donors (Lipinski definition) is 2. The summed E-state index contributed by atoms with van der Waals surface area (Å²) in [7, 11) is 0. The van der Waals surface area contributed by atoms with Crippen LogP contribution in [0.25, 0.3) is 10.9 Å². The first-order valence-corrected chi connectivity index (χ1v) is 8.43. The first kappa shape index (κ1) is 15.0. The number of piperidine rings is 1. The van der Waals surface area contributed by atoms with Crippen molar-refractivity contribution in [2.24, 2.45) is 0 Å². The highest BCUT2D eigenvalue weighted by Crippen LogP contribution is 2.29. The summed E-state index contributed by atoms with van der Waals surface area (Å²) < 4.78 is 7.39. The van der Waals surface area contributed by atoms with Crippen LogP contribution in [0.2, 0.25) is 0 Å². The molecule has 24 heavy (non-hydrogen) atoms. The third-order valence-electron chi connectivity index (χ3n) is 4.72. The van der Waals surface area contributed by atoms with Crippen LogP contribution in [-0.2, 0) is 6.54 Å². The summed E-state index contributed by atoms with van der Waals surface area (Å²) in [6, 6.07) is 12.8. The van der Waals surface area contributed by atoms with Crippen LogP contribution in [0, 0.1) is 0 Å². The van der Waals surface area contributed by atoms with Crippen molar-refractivity contribution in [3.8, 4) is 0 Å². The Morgan fingerprint density at radius 3 is 2.88 bits per heavy atom. The lowest BCUT2D eigenvalue weighted by atomic mass is 10.1. The third-order valence-corrected chi connectivity index (χ3v) is 4.72. The fourth-order valence-electron chi connectivity index (χ4n) is 3.53. The van der Waals surface area contributed by atoms with Crippen LogP contribution in [0.5, 0.6) is 0 Å². The van der Waals surface area contributed by atoms with E-state index in [1.54, 1.807) is 6.07 Å². The number of nitrogens with one attached hydrogen (secondary N) is 2. The Morgan fingerprint density at radius 1 is 1.25 bits per heavy atom. The SMILES string of the molecule is O=C(NCc1cc2ccccc2n1C1CCNCC1)c1ccoc1. The molecule has 0 atom stereocenters. The second kappa shape index (κ2) is 6.53. The maximum Gasteiger partial charge on any atom is 0.254 e. The molecule has 1 amide bonds. The summed E-state index contributed by atoms with van der Waals surface area (Å²) in [5, 5.41) is 7.65. The molecule has 0 unspecified atom stereocenters. The second-order valence-corrected chi connectivity index (χ2v) is 6.24. The van der Waals surface area contributed by atoms with Crippen LogP contribution in [-0.4, -0.2) is 23.6 Å². The highest BCUT2D eigenvalue weighted by Gasteiger charge is 2.20. The van der Waals surface area contributed by atoms with Gasteiger partial charge in [-0.3, -0.25) is 4.79 Å². The monoisotopic (exact) mass is 323 g/mol. The highest BCUT2D eigenvalue weighted by atomic mass is 16.3. The van der Waals surface area contributed by atoms with Crippen LogP contribution in [0.1, 0.15) is 34.9 Å². The lowest BCUT2D eigenvalue weighted by Gasteiger charge is -2.27. The molecule has 1 aromatic carbocycles. The third kappa shape index (κ3) is 2.83. The number of rotatable bonds is 4. The average Bonchev–Trinajstić information content (AvgIpc) is 3.28. The normalized spacial score (nSPS) is 15.7. The van der Waals surface area contributed by atoms with Gasteiger partial charge in [-0.2, -0.15) is 0 Å². The predicted octanol–water partition coefficient (Wildman–Crippen LogP) is 3.09. The standard InChI is InChI=1S/C19H21N3O2/c23-19(15-7-10-24-13-15)21-12-17-11-14-3-1-2-4-18(14)22(17)16-5-8-20-9-6-16/h1-4,7,10-11,13,16,20H,5-6,8-9,12H2,(H,21,23). The van der Waals surface area contributed by atoms with E-state index < -0.39 is 0 Å². The number of para-hydroxylation sites is 1. The Balaban J connectivity index is 1.62. The Bertz CT molecular complexity index is 830. The molecule has 4 rings (SSSR count). The minimum absolute atomic E-state index is 0.106. The van der Waals surface area contributed by atoms with Crippen molar-refractivity contribution in [1.82, 2.24) is 15.2 Å². The van der Waals surface area contributed by atoms with E-state index in [2.05, 4.69) is 45.5 Å². The minimum atomic E-state index is -0.106. The van der Waals surface area contributed by atoms with Gasteiger partial charge >= 0.3 is 0 Å². The highest BCUT2D eigenvalue weighted by molar-refractivity contribution is 5.93. The molecule has 2 N–H and O–H groups in total. The van der Waals surface area contributed by atoms with E-state index in [1.807, 2.05) is 0 Å². The van der Waals surface area contributed by atoms with E-state index in [1.165, 1.54) is 23.4 Å². The topological polar surface area (TPSA) is 59.2 Å². The van der Waals surface area contributed by atoms with Gasteiger partial charge in [0.1, 0.15) is 6.26 Å². The molecule has 5 heteroatoms. The molecule has 3 aromatic rings.